The maximum atomic E-state index is 13.1. The lowest BCUT2D eigenvalue weighted by molar-refractivity contribution is 0.239. The molecule has 0 atom stereocenters. The number of benzene rings is 1. The fourth-order valence-corrected chi connectivity index (χ4v) is 1.87. The number of ether oxygens (including phenoxy) is 1. The lowest BCUT2D eigenvalue weighted by Crippen LogP contribution is -2.35. The molecule has 0 aliphatic carbocycles. The van der Waals surface area contributed by atoms with E-state index < -0.39 is 0 Å². The molecule has 1 aromatic carbocycles. The predicted molar refractivity (Wildman–Crippen MR) is 77.8 cm³/mol. The van der Waals surface area contributed by atoms with Crippen LogP contribution in [0.3, 0.4) is 0 Å². The predicted octanol–water partition coefficient (Wildman–Crippen LogP) is 1.27. The highest BCUT2D eigenvalue weighted by Gasteiger charge is 2.09. The SMILES string of the molecule is COc1cc(F)ccc1CNC(=O)NCc1nnc(C)n1C. The number of nitrogens with zero attached hydrogens (tertiary/aromatic N) is 3. The van der Waals surface area contributed by atoms with Gasteiger partial charge in [-0.15, -0.1) is 10.2 Å². The summed E-state index contributed by atoms with van der Waals surface area (Å²) in [5.74, 6) is 1.44. The molecule has 1 heterocycles. The van der Waals surface area contributed by atoms with E-state index in [1.165, 1.54) is 19.2 Å². The molecule has 0 unspecified atom stereocenters. The van der Waals surface area contributed by atoms with E-state index in [-0.39, 0.29) is 24.9 Å². The Hall–Kier alpha value is -2.64. The molecular weight excluding hydrogens is 289 g/mol. The van der Waals surface area contributed by atoms with Crippen LogP contribution in [0.1, 0.15) is 17.2 Å². The third-order valence-corrected chi connectivity index (χ3v) is 3.28. The van der Waals surface area contributed by atoms with Gasteiger partial charge in [-0.25, -0.2) is 9.18 Å². The van der Waals surface area contributed by atoms with Crippen molar-refractivity contribution < 1.29 is 13.9 Å². The molecule has 0 bridgehead atoms. The fourth-order valence-electron chi connectivity index (χ4n) is 1.87. The van der Waals surface area contributed by atoms with Crippen molar-refractivity contribution >= 4 is 6.03 Å². The topological polar surface area (TPSA) is 81.1 Å². The molecule has 0 saturated carbocycles. The van der Waals surface area contributed by atoms with Crippen molar-refractivity contribution in [1.82, 2.24) is 25.4 Å². The van der Waals surface area contributed by atoms with Crippen LogP contribution in [0.15, 0.2) is 18.2 Å². The Kier molecular flexibility index (Phi) is 4.92. The van der Waals surface area contributed by atoms with Crippen molar-refractivity contribution in [2.24, 2.45) is 7.05 Å². The Bertz CT molecular complexity index is 671. The highest BCUT2D eigenvalue weighted by molar-refractivity contribution is 5.73. The molecule has 0 aliphatic rings. The van der Waals surface area contributed by atoms with E-state index >= 15 is 0 Å². The van der Waals surface area contributed by atoms with Gasteiger partial charge in [0.1, 0.15) is 17.4 Å². The molecule has 0 spiro atoms. The number of hydrogen-bond donors (Lipinski definition) is 2. The summed E-state index contributed by atoms with van der Waals surface area (Å²) in [6.45, 7) is 2.33. The normalized spacial score (nSPS) is 10.4. The van der Waals surface area contributed by atoms with Gasteiger partial charge in [0.2, 0.25) is 0 Å². The summed E-state index contributed by atoms with van der Waals surface area (Å²) in [5.41, 5.74) is 0.688. The molecule has 2 N–H and O–H groups in total. The second-order valence-electron chi connectivity index (χ2n) is 4.71. The van der Waals surface area contributed by atoms with Gasteiger partial charge in [0.15, 0.2) is 5.82 Å². The fraction of sp³-hybridized carbons (Fsp3) is 0.357. The van der Waals surface area contributed by atoms with Crippen LogP contribution in [-0.2, 0) is 20.1 Å². The molecule has 0 aliphatic heterocycles. The van der Waals surface area contributed by atoms with Crippen LogP contribution in [0.25, 0.3) is 0 Å². The lowest BCUT2D eigenvalue weighted by atomic mass is 10.2. The Balaban J connectivity index is 1.87. The van der Waals surface area contributed by atoms with Gasteiger partial charge < -0.3 is 19.9 Å². The van der Waals surface area contributed by atoms with Gasteiger partial charge in [0.05, 0.1) is 13.7 Å². The quantitative estimate of drug-likeness (QED) is 0.871. The molecule has 2 aromatic rings. The van der Waals surface area contributed by atoms with Crippen LogP contribution in [0.5, 0.6) is 5.75 Å². The number of carbonyl (C=O) groups is 1. The molecule has 118 valence electrons. The lowest BCUT2D eigenvalue weighted by Gasteiger charge is -2.10. The number of amides is 2. The van der Waals surface area contributed by atoms with E-state index in [0.29, 0.717) is 17.1 Å². The van der Waals surface area contributed by atoms with Gasteiger partial charge in [-0.3, -0.25) is 0 Å². The first-order valence-electron chi connectivity index (χ1n) is 6.70. The third kappa shape index (κ3) is 3.72. The minimum Gasteiger partial charge on any atom is -0.496 e. The van der Waals surface area contributed by atoms with E-state index in [1.54, 1.807) is 10.6 Å². The van der Waals surface area contributed by atoms with Crippen molar-refractivity contribution in [2.45, 2.75) is 20.0 Å². The smallest absolute Gasteiger partial charge is 0.315 e. The number of rotatable bonds is 5. The van der Waals surface area contributed by atoms with Gasteiger partial charge in [-0.1, -0.05) is 6.07 Å². The number of aromatic nitrogens is 3. The van der Waals surface area contributed by atoms with E-state index in [2.05, 4.69) is 20.8 Å². The summed E-state index contributed by atoms with van der Waals surface area (Å²) in [7, 11) is 3.28. The second-order valence-corrected chi connectivity index (χ2v) is 4.71. The van der Waals surface area contributed by atoms with Crippen LogP contribution in [0.4, 0.5) is 9.18 Å². The van der Waals surface area contributed by atoms with Gasteiger partial charge >= 0.3 is 6.03 Å². The van der Waals surface area contributed by atoms with Crippen molar-refractivity contribution in [3.05, 3.63) is 41.2 Å². The summed E-state index contributed by atoms with van der Waals surface area (Å²) >= 11 is 0. The zero-order valence-electron chi connectivity index (χ0n) is 12.7. The molecule has 22 heavy (non-hydrogen) atoms. The Morgan fingerprint density at radius 3 is 2.68 bits per heavy atom. The summed E-state index contributed by atoms with van der Waals surface area (Å²) < 4.78 is 20.0. The first-order chi connectivity index (χ1) is 10.5. The number of hydrogen-bond acceptors (Lipinski definition) is 4. The Morgan fingerprint density at radius 1 is 1.32 bits per heavy atom. The van der Waals surface area contributed by atoms with Crippen LogP contribution in [0.2, 0.25) is 0 Å². The summed E-state index contributed by atoms with van der Waals surface area (Å²) in [6.07, 6.45) is 0. The Morgan fingerprint density at radius 2 is 2.05 bits per heavy atom. The number of methoxy groups -OCH3 is 1. The first-order valence-corrected chi connectivity index (χ1v) is 6.70. The Labute approximate surface area is 127 Å². The maximum Gasteiger partial charge on any atom is 0.315 e. The molecule has 2 amide bonds. The molecule has 0 saturated heterocycles. The zero-order valence-corrected chi connectivity index (χ0v) is 12.7. The standard InChI is InChI=1S/C14H18FN5O2/c1-9-18-19-13(20(9)2)8-17-14(21)16-7-10-4-5-11(15)6-12(10)22-3/h4-6H,7-8H2,1-3H3,(H2,16,17,21). The average molecular weight is 307 g/mol. The van der Waals surface area contributed by atoms with Gasteiger partial charge in [-0.2, -0.15) is 0 Å². The molecule has 0 fully saturated rings. The van der Waals surface area contributed by atoms with E-state index in [4.69, 9.17) is 4.74 Å². The summed E-state index contributed by atoms with van der Waals surface area (Å²) in [6, 6.07) is 3.81. The van der Waals surface area contributed by atoms with E-state index in [9.17, 15) is 9.18 Å². The van der Waals surface area contributed by atoms with Crippen LogP contribution < -0.4 is 15.4 Å². The molecular formula is C14H18FN5O2. The molecule has 8 heteroatoms. The van der Waals surface area contributed by atoms with Gasteiger partial charge in [0.25, 0.3) is 0 Å². The summed E-state index contributed by atoms with van der Waals surface area (Å²) in [5, 5.41) is 13.2. The average Bonchev–Trinajstić information content (AvgIpc) is 2.83. The van der Waals surface area contributed by atoms with Gasteiger partial charge in [-0.05, 0) is 13.0 Å². The molecule has 1 aromatic heterocycles. The maximum absolute atomic E-state index is 13.1. The largest absolute Gasteiger partial charge is 0.496 e. The van der Waals surface area contributed by atoms with Gasteiger partial charge in [0, 0.05) is 25.2 Å². The minimum atomic E-state index is -0.386. The van der Waals surface area contributed by atoms with Crippen LogP contribution >= 0.6 is 0 Å². The first kappa shape index (κ1) is 15.7. The number of halogens is 1. The molecule has 7 nitrogen and oxygen atoms in total. The van der Waals surface area contributed by atoms with E-state index in [0.717, 1.165) is 5.82 Å². The monoisotopic (exact) mass is 307 g/mol. The summed E-state index contributed by atoms with van der Waals surface area (Å²) in [4.78, 5) is 11.8. The molecule has 2 rings (SSSR count). The molecule has 0 radical (unpaired) electrons. The minimum absolute atomic E-state index is 0.229. The number of aryl methyl sites for hydroxylation is 1. The highest BCUT2D eigenvalue weighted by atomic mass is 19.1. The second kappa shape index (κ2) is 6.88. The van der Waals surface area contributed by atoms with Crippen LogP contribution in [-0.4, -0.2) is 27.9 Å². The highest BCUT2D eigenvalue weighted by Crippen LogP contribution is 2.19. The van der Waals surface area contributed by atoms with Crippen molar-refractivity contribution in [3.8, 4) is 5.75 Å². The third-order valence-electron chi connectivity index (χ3n) is 3.28. The zero-order chi connectivity index (χ0) is 16.1. The number of urea groups is 1. The van der Waals surface area contributed by atoms with Crippen LogP contribution in [0, 0.1) is 12.7 Å². The van der Waals surface area contributed by atoms with Crippen molar-refractivity contribution in [3.63, 3.8) is 0 Å². The van der Waals surface area contributed by atoms with Crippen molar-refractivity contribution in [2.75, 3.05) is 7.11 Å². The van der Waals surface area contributed by atoms with E-state index in [1.807, 2.05) is 14.0 Å². The number of nitrogens with one attached hydrogen (secondary N) is 2. The van der Waals surface area contributed by atoms with Crippen molar-refractivity contribution in [1.29, 1.82) is 0 Å². The number of carbonyl (C=O) groups excluding carboxylic acids is 1.